The van der Waals surface area contributed by atoms with Crippen molar-refractivity contribution < 1.29 is 0 Å². The lowest BCUT2D eigenvalue weighted by Gasteiger charge is -2.08. The van der Waals surface area contributed by atoms with Crippen molar-refractivity contribution in [2.24, 2.45) is 5.92 Å². The maximum Gasteiger partial charge on any atom is 0.193 e. The Morgan fingerprint density at radius 2 is 1.79 bits per heavy atom. The fraction of sp³-hybridized carbons (Fsp3) is 0.111. The molecule has 0 saturated carbocycles. The maximum atomic E-state index is 2.32. The number of benzene rings is 2. The second kappa shape index (κ2) is 3.99. The Labute approximate surface area is 114 Å². The van der Waals surface area contributed by atoms with Crippen LogP contribution in [0.2, 0.25) is 0 Å². The first-order chi connectivity index (χ1) is 9.33. The summed E-state index contributed by atoms with van der Waals surface area (Å²) < 4.78 is 0. The van der Waals surface area contributed by atoms with Gasteiger partial charge in [-0.25, -0.2) is 0 Å². The van der Waals surface area contributed by atoms with Crippen molar-refractivity contribution in [1.29, 1.82) is 0 Å². The van der Waals surface area contributed by atoms with E-state index in [1.807, 2.05) is 0 Å². The van der Waals surface area contributed by atoms with Crippen LogP contribution in [0.5, 0.6) is 0 Å². The molecule has 0 nitrogen and oxygen atoms in total. The number of hydrogen-bond donors (Lipinski definition) is 0. The average molecular weight is 242 g/mol. The van der Waals surface area contributed by atoms with E-state index in [9.17, 15) is 0 Å². The van der Waals surface area contributed by atoms with E-state index in [2.05, 4.69) is 67.6 Å². The zero-order valence-electron chi connectivity index (χ0n) is 11.1. The first-order valence-corrected chi connectivity index (χ1v) is 6.93. The molecule has 2 aromatic carbocycles. The highest BCUT2D eigenvalue weighted by Crippen LogP contribution is 2.33. The van der Waals surface area contributed by atoms with Gasteiger partial charge in [0.1, 0.15) is 0 Å². The first-order valence-electron chi connectivity index (χ1n) is 6.93. The fourth-order valence-corrected chi connectivity index (χ4v) is 3.16. The molecule has 0 bridgehead atoms. The Morgan fingerprint density at radius 3 is 2.74 bits per heavy atom. The predicted octanol–water partition coefficient (Wildman–Crippen LogP) is 3.39. The molecule has 1 heteroatoms. The SMILES string of the molecule is C[C@H]1C=CC2=C(C=C1)c1c(ccc3ccccc13)B2. The zero-order chi connectivity index (χ0) is 12.8. The van der Waals surface area contributed by atoms with Gasteiger partial charge in [-0.3, -0.25) is 0 Å². The molecule has 1 heterocycles. The highest BCUT2D eigenvalue weighted by Gasteiger charge is 2.22. The molecule has 1 aliphatic heterocycles. The topological polar surface area (TPSA) is 0 Å². The molecule has 0 aromatic heterocycles. The van der Waals surface area contributed by atoms with E-state index in [1.54, 1.807) is 0 Å². The van der Waals surface area contributed by atoms with E-state index in [4.69, 9.17) is 0 Å². The Morgan fingerprint density at radius 1 is 0.947 bits per heavy atom. The molecule has 90 valence electrons. The second-order valence-electron chi connectivity index (χ2n) is 5.51. The van der Waals surface area contributed by atoms with E-state index in [0.717, 1.165) is 7.28 Å². The minimum absolute atomic E-state index is 0.532. The molecule has 0 amide bonds. The third-order valence-electron chi connectivity index (χ3n) is 4.18. The van der Waals surface area contributed by atoms with Crippen molar-refractivity contribution in [2.45, 2.75) is 6.92 Å². The van der Waals surface area contributed by atoms with E-state index in [1.165, 1.54) is 32.8 Å². The van der Waals surface area contributed by atoms with Gasteiger partial charge in [0.15, 0.2) is 7.28 Å². The molecule has 4 rings (SSSR count). The Balaban J connectivity index is 2.03. The smallest absolute Gasteiger partial charge is 0.0784 e. The van der Waals surface area contributed by atoms with Crippen molar-refractivity contribution in [3.63, 3.8) is 0 Å². The summed E-state index contributed by atoms with van der Waals surface area (Å²) in [6.45, 7) is 2.24. The summed E-state index contributed by atoms with van der Waals surface area (Å²) in [5.41, 5.74) is 5.80. The number of allylic oxidation sites excluding steroid dienone is 6. The van der Waals surface area contributed by atoms with E-state index in [0.29, 0.717) is 5.92 Å². The normalized spacial score (nSPS) is 20.2. The summed E-state index contributed by atoms with van der Waals surface area (Å²) in [6.07, 6.45) is 9.23. The molecule has 2 aliphatic rings. The van der Waals surface area contributed by atoms with Crippen LogP contribution in [0.25, 0.3) is 16.3 Å². The molecule has 0 radical (unpaired) electrons. The summed E-state index contributed by atoms with van der Waals surface area (Å²) >= 11 is 0. The van der Waals surface area contributed by atoms with Crippen molar-refractivity contribution in [2.75, 3.05) is 0 Å². The summed E-state index contributed by atoms with van der Waals surface area (Å²) in [7, 11) is 1.07. The Bertz CT molecular complexity index is 762. The molecule has 0 unspecified atom stereocenters. The van der Waals surface area contributed by atoms with Crippen LogP contribution in [0.1, 0.15) is 12.5 Å². The molecule has 19 heavy (non-hydrogen) atoms. The molecule has 0 spiro atoms. The van der Waals surface area contributed by atoms with Crippen LogP contribution >= 0.6 is 0 Å². The van der Waals surface area contributed by atoms with Crippen LogP contribution in [0.3, 0.4) is 0 Å². The standard InChI is InChI=1S/C18H15B/c1-12-6-9-15-16(10-7-12)19-17-11-8-13-4-2-3-5-14(13)18(15)17/h2-12,19H,1H3/t12-/m1/s1. The van der Waals surface area contributed by atoms with Crippen LogP contribution in [0.4, 0.5) is 0 Å². The molecular formula is C18H15B. The Kier molecular flexibility index (Phi) is 2.28. The number of fused-ring (bicyclic) bond motifs is 4. The second-order valence-corrected chi connectivity index (χ2v) is 5.51. The van der Waals surface area contributed by atoms with Gasteiger partial charge in [0, 0.05) is 0 Å². The van der Waals surface area contributed by atoms with E-state index in [-0.39, 0.29) is 0 Å². The summed E-state index contributed by atoms with van der Waals surface area (Å²) in [4.78, 5) is 0. The summed E-state index contributed by atoms with van der Waals surface area (Å²) in [5.74, 6) is 0.532. The van der Waals surface area contributed by atoms with Crippen molar-refractivity contribution in [3.8, 4) is 0 Å². The molecule has 0 N–H and O–H groups in total. The fourth-order valence-electron chi connectivity index (χ4n) is 3.16. The van der Waals surface area contributed by atoms with Gasteiger partial charge in [0.25, 0.3) is 0 Å². The Hall–Kier alpha value is -2.02. The van der Waals surface area contributed by atoms with Crippen LogP contribution < -0.4 is 5.46 Å². The van der Waals surface area contributed by atoms with E-state index < -0.39 is 0 Å². The van der Waals surface area contributed by atoms with Crippen LogP contribution in [-0.4, -0.2) is 7.28 Å². The molecule has 0 saturated heterocycles. The largest absolute Gasteiger partial charge is 0.193 e. The highest BCUT2D eigenvalue weighted by atomic mass is 14.2. The zero-order valence-corrected chi connectivity index (χ0v) is 11.1. The number of hydrogen-bond acceptors (Lipinski definition) is 0. The van der Waals surface area contributed by atoms with E-state index >= 15 is 0 Å². The quantitative estimate of drug-likeness (QED) is 0.621. The average Bonchev–Trinajstić information content (AvgIpc) is 2.71. The summed E-state index contributed by atoms with van der Waals surface area (Å²) in [5, 5.41) is 2.72. The van der Waals surface area contributed by atoms with Crippen LogP contribution in [-0.2, 0) is 0 Å². The maximum absolute atomic E-state index is 2.32. The molecule has 0 fully saturated rings. The van der Waals surface area contributed by atoms with Gasteiger partial charge in [0.05, 0.1) is 0 Å². The lowest BCUT2D eigenvalue weighted by molar-refractivity contribution is 0.942. The first kappa shape index (κ1) is 10.9. The third kappa shape index (κ3) is 1.62. The minimum atomic E-state index is 0.532. The van der Waals surface area contributed by atoms with Gasteiger partial charge in [-0.05, 0) is 27.8 Å². The van der Waals surface area contributed by atoms with Crippen molar-refractivity contribution in [1.82, 2.24) is 0 Å². The van der Waals surface area contributed by atoms with Crippen LogP contribution in [0.15, 0.2) is 66.2 Å². The lowest BCUT2D eigenvalue weighted by atomic mass is 9.66. The minimum Gasteiger partial charge on any atom is -0.0784 e. The summed E-state index contributed by atoms with van der Waals surface area (Å²) in [6, 6.07) is 13.2. The van der Waals surface area contributed by atoms with Gasteiger partial charge in [-0.15, -0.1) is 0 Å². The highest BCUT2D eigenvalue weighted by molar-refractivity contribution is 6.68. The molecule has 2 aromatic rings. The molecule has 1 aliphatic carbocycles. The third-order valence-corrected chi connectivity index (χ3v) is 4.18. The van der Waals surface area contributed by atoms with Crippen molar-refractivity contribution >= 4 is 29.1 Å². The van der Waals surface area contributed by atoms with Gasteiger partial charge >= 0.3 is 0 Å². The van der Waals surface area contributed by atoms with Crippen LogP contribution in [0, 0.1) is 5.92 Å². The van der Waals surface area contributed by atoms with Crippen molar-refractivity contribution in [3.05, 3.63) is 71.7 Å². The molecular weight excluding hydrogens is 227 g/mol. The predicted molar refractivity (Wildman–Crippen MR) is 85.1 cm³/mol. The molecule has 1 atom stereocenters. The van der Waals surface area contributed by atoms with Gasteiger partial charge in [0.2, 0.25) is 0 Å². The monoisotopic (exact) mass is 242 g/mol. The lowest BCUT2D eigenvalue weighted by Crippen LogP contribution is -2.13. The number of rotatable bonds is 0. The van der Waals surface area contributed by atoms with Gasteiger partial charge in [-0.1, -0.05) is 78.6 Å². The van der Waals surface area contributed by atoms with Gasteiger partial charge in [-0.2, -0.15) is 0 Å². The van der Waals surface area contributed by atoms with Gasteiger partial charge < -0.3 is 0 Å².